The standard InChI is InChI=1S/C23H23BrN4O3/c1-14-13-19(7-8-20(14)24)26-22(29)17-9-11-28(12-10-17)23(30)18-5-3-16(4-6-18)21-25-15(2)31-27-21/h3-8,13,17H,9-12H2,1-2H3,(H,26,29). The Bertz CT molecular complexity index is 1100. The SMILES string of the molecule is Cc1nc(-c2ccc(C(=O)N3CCC(C(=O)Nc4ccc(Br)c(C)c4)CC3)cc2)no1. The molecule has 0 atom stereocenters. The van der Waals surface area contributed by atoms with Gasteiger partial charge in [0.1, 0.15) is 0 Å². The van der Waals surface area contributed by atoms with Gasteiger partial charge in [-0.25, -0.2) is 0 Å². The van der Waals surface area contributed by atoms with Crippen LogP contribution in [0.15, 0.2) is 51.5 Å². The van der Waals surface area contributed by atoms with Crippen LogP contribution < -0.4 is 5.32 Å². The summed E-state index contributed by atoms with van der Waals surface area (Å²) in [7, 11) is 0. The maximum atomic E-state index is 12.9. The number of hydrogen-bond acceptors (Lipinski definition) is 5. The Balaban J connectivity index is 1.33. The number of rotatable bonds is 4. The lowest BCUT2D eigenvalue weighted by atomic mass is 9.95. The van der Waals surface area contributed by atoms with Crippen LogP contribution in [-0.4, -0.2) is 39.9 Å². The Kier molecular flexibility index (Phi) is 6.18. The molecule has 2 aromatic carbocycles. The number of piperidine rings is 1. The highest BCUT2D eigenvalue weighted by Crippen LogP contribution is 2.24. The van der Waals surface area contributed by atoms with Crippen LogP contribution in [0.25, 0.3) is 11.4 Å². The summed E-state index contributed by atoms with van der Waals surface area (Å²) in [5.74, 6) is 0.880. The molecule has 0 unspecified atom stereocenters. The largest absolute Gasteiger partial charge is 0.339 e. The third-order valence-corrected chi connectivity index (χ3v) is 6.39. The van der Waals surface area contributed by atoms with E-state index in [4.69, 9.17) is 4.52 Å². The van der Waals surface area contributed by atoms with Crippen LogP contribution in [0.5, 0.6) is 0 Å². The maximum Gasteiger partial charge on any atom is 0.253 e. The number of benzene rings is 2. The van der Waals surface area contributed by atoms with Gasteiger partial charge in [-0.2, -0.15) is 4.98 Å². The lowest BCUT2D eigenvalue weighted by Crippen LogP contribution is -2.41. The number of amides is 2. The first-order chi connectivity index (χ1) is 14.9. The summed E-state index contributed by atoms with van der Waals surface area (Å²) in [6, 6.07) is 12.9. The van der Waals surface area contributed by atoms with E-state index in [-0.39, 0.29) is 17.7 Å². The van der Waals surface area contributed by atoms with Gasteiger partial charge in [0.15, 0.2) is 0 Å². The van der Waals surface area contributed by atoms with Crippen molar-refractivity contribution in [1.82, 2.24) is 15.0 Å². The molecule has 3 aromatic rings. The van der Waals surface area contributed by atoms with Gasteiger partial charge < -0.3 is 14.7 Å². The second kappa shape index (κ2) is 9.01. The van der Waals surface area contributed by atoms with E-state index in [1.165, 1.54) is 0 Å². The van der Waals surface area contributed by atoms with Gasteiger partial charge >= 0.3 is 0 Å². The first kappa shape index (κ1) is 21.2. The molecule has 1 N–H and O–H groups in total. The molecule has 2 heterocycles. The minimum absolute atomic E-state index is 0.00794. The highest BCUT2D eigenvalue weighted by molar-refractivity contribution is 9.10. The van der Waals surface area contributed by atoms with Crippen molar-refractivity contribution in [3.8, 4) is 11.4 Å². The molecule has 1 fully saturated rings. The number of aryl methyl sites for hydroxylation is 2. The Morgan fingerprint density at radius 2 is 1.81 bits per heavy atom. The van der Waals surface area contributed by atoms with Crippen LogP contribution in [-0.2, 0) is 4.79 Å². The van der Waals surface area contributed by atoms with Crippen LogP contribution in [0.2, 0.25) is 0 Å². The number of halogens is 1. The predicted molar refractivity (Wildman–Crippen MR) is 121 cm³/mol. The zero-order chi connectivity index (χ0) is 22.0. The Morgan fingerprint density at radius 1 is 1.10 bits per heavy atom. The first-order valence-electron chi connectivity index (χ1n) is 10.2. The smallest absolute Gasteiger partial charge is 0.253 e. The first-order valence-corrected chi connectivity index (χ1v) is 11.0. The molecular formula is C23H23BrN4O3. The van der Waals surface area contributed by atoms with Crippen LogP contribution in [0.4, 0.5) is 5.69 Å². The van der Waals surface area contributed by atoms with Crippen molar-refractivity contribution in [3.05, 3.63) is 64.0 Å². The van der Waals surface area contributed by atoms with Crippen LogP contribution in [0.3, 0.4) is 0 Å². The summed E-state index contributed by atoms with van der Waals surface area (Å²) >= 11 is 3.47. The average molecular weight is 483 g/mol. The summed E-state index contributed by atoms with van der Waals surface area (Å²) in [6.45, 7) is 4.84. The summed E-state index contributed by atoms with van der Waals surface area (Å²) < 4.78 is 6.01. The van der Waals surface area contributed by atoms with Crippen LogP contribution >= 0.6 is 15.9 Å². The number of nitrogens with zero attached hydrogens (tertiary/aromatic N) is 3. The van der Waals surface area contributed by atoms with Crippen molar-refractivity contribution in [1.29, 1.82) is 0 Å². The van der Waals surface area contributed by atoms with Gasteiger partial charge in [0, 0.05) is 47.2 Å². The van der Waals surface area contributed by atoms with Gasteiger partial charge in [0.05, 0.1) is 0 Å². The Labute approximate surface area is 189 Å². The maximum absolute atomic E-state index is 12.9. The van der Waals surface area contributed by atoms with Crippen molar-refractivity contribution in [3.63, 3.8) is 0 Å². The zero-order valence-electron chi connectivity index (χ0n) is 17.4. The molecule has 1 aromatic heterocycles. The van der Waals surface area contributed by atoms with Crippen molar-refractivity contribution in [2.45, 2.75) is 26.7 Å². The number of anilines is 1. The number of nitrogens with one attached hydrogen (secondary N) is 1. The van der Waals surface area contributed by atoms with E-state index in [0.29, 0.717) is 43.2 Å². The summed E-state index contributed by atoms with van der Waals surface area (Å²) in [5.41, 5.74) is 3.27. The number of hydrogen-bond donors (Lipinski definition) is 1. The molecule has 1 aliphatic heterocycles. The van der Waals surface area contributed by atoms with Gasteiger partial charge in [-0.15, -0.1) is 0 Å². The second-order valence-electron chi connectivity index (χ2n) is 7.73. The normalized spacial score (nSPS) is 14.5. The summed E-state index contributed by atoms with van der Waals surface area (Å²) in [4.78, 5) is 31.5. The van der Waals surface area contributed by atoms with Crippen LogP contribution in [0, 0.1) is 19.8 Å². The van der Waals surface area contributed by atoms with Gasteiger partial charge in [0.2, 0.25) is 17.6 Å². The van der Waals surface area contributed by atoms with E-state index in [2.05, 4.69) is 31.4 Å². The predicted octanol–water partition coefficient (Wildman–Crippen LogP) is 4.61. The fraction of sp³-hybridized carbons (Fsp3) is 0.304. The van der Waals surface area contributed by atoms with Gasteiger partial charge in [-0.3, -0.25) is 9.59 Å². The fourth-order valence-electron chi connectivity index (χ4n) is 3.67. The Morgan fingerprint density at radius 3 is 2.42 bits per heavy atom. The lowest BCUT2D eigenvalue weighted by molar-refractivity contribution is -0.121. The summed E-state index contributed by atoms with van der Waals surface area (Å²) in [5, 5.41) is 6.89. The molecule has 1 aliphatic rings. The monoisotopic (exact) mass is 482 g/mol. The molecule has 0 saturated carbocycles. The van der Waals surface area contributed by atoms with E-state index in [1.54, 1.807) is 24.0 Å². The molecule has 2 amide bonds. The molecule has 0 spiro atoms. The molecule has 8 heteroatoms. The molecule has 160 valence electrons. The third-order valence-electron chi connectivity index (χ3n) is 5.50. The number of likely N-dealkylation sites (tertiary alicyclic amines) is 1. The molecule has 0 radical (unpaired) electrons. The zero-order valence-corrected chi connectivity index (χ0v) is 19.0. The molecule has 1 saturated heterocycles. The quantitative estimate of drug-likeness (QED) is 0.586. The number of carbonyl (C=O) groups excluding carboxylic acids is 2. The van der Waals surface area contributed by atoms with Gasteiger partial charge in [-0.1, -0.05) is 33.2 Å². The molecule has 0 bridgehead atoms. The van der Waals surface area contributed by atoms with Crippen molar-refractivity contribution >= 4 is 33.4 Å². The minimum Gasteiger partial charge on any atom is -0.339 e. The van der Waals surface area contributed by atoms with Crippen molar-refractivity contribution in [2.24, 2.45) is 5.92 Å². The minimum atomic E-state index is -0.100. The van der Waals surface area contributed by atoms with Gasteiger partial charge in [-0.05, 0) is 55.7 Å². The average Bonchev–Trinajstić information content (AvgIpc) is 3.22. The lowest BCUT2D eigenvalue weighted by Gasteiger charge is -2.31. The fourth-order valence-corrected chi connectivity index (χ4v) is 3.92. The summed E-state index contributed by atoms with van der Waals surface area (Å²) in [6.07, 6.45) is 1.29. The van der Waals surface area contributed by atoms with E-state index in [0.717, 1.165) is 21.3 Å². The van der Waals surface area contributed by atoms with E-state index in [9.17, 15) is 9.59 Å². The van der Waals surface area contributed by atoms with E-state index >= 15 is 0 Å². The highest BCUT2D eigenvalue weighted by Gasteiger charge is 2.28. The molecule has 7 nitrogen and oxygen atoms in total. The molecular weight excluding hydrogens is 460 g/mol. The van der Waals surface area contributed by atoms with Gasteiger partial charge in [0.25, 0.3) is 5.91 Å². The van der Waals surface area contributed by atoms with Crippen molar-refractivity contribution in [2.75, 3.05) is 18.4 Å². The number of carbonyl (C=O) groups is 2. The topological polar surface area (TPSA) is 88.3 Å². The second-order valence-corrected chi connectivity index (χ2v) is 8.59. The van der Waals surface area contributed by atoms with E-state index < -0.39 is 0 Å². The molecule has 4 rings (SSSR count). The van der Waals surface area contributed by atoms with E-state index in [1.807, 2.05) is 37.3 Å². The van der Waals surface area contributed by atoms with Crippen LogP contribution in [0.1, 0.15) is 34.7 Å². The highest BCUT2D eigenvalue weighted by atomic mass is 79.9. The van der Waals surface area contributed by atoms with Crippen molar-refractivity contribution < 1.29 is 14.1 Å². The number of aromatic nitrogens is 2. The molecule has 0 aliphatic carbocycles. The Hall–Kier alpha value is -3.00. The third kappa shape index (κ3) is 4.85. The molecule has 31 heavy (non-hydrogen) atoms.